The number of carbonyl (C=O) groups is 1. The fourth-order valence-electron chi connectivity index (χ4n) is 2.09. The predicted molar refractivity (Wildman–Crippen MR) is 86.3 cm³/mol. The molecule has 0 saturated carbocycles. The first-order chi connectivity index (χ1) is 10.3. The lowest BCUT2D eigenvalue weighted by molar-refractivity contribution is -0.123. The minimum absolute atomic E-state index is 0.0875. The quantitative estimate of drug-likeness (QED) is 0.813. The zero-order valence-electron chi connectivity index (χ0n) is 13.6. The van der Waals surface area contributed by atoms with Gasteiger partial charge < -0.3 is 10.2 Å². The third kappa shape index (κ3) is 4.85. The first kappa shape index (κ1) is 17.6. The molecule has 22 heavy (non-hydrogen) atoms. The fraction of sp³-hybridized carbons (Fsp3) is 0.500. The van der Waals surface area contributed by atoms with Gasteiger partial charge in [-0.05, 0) is 40.2 Å². The van der Waals surface area contributed by atoms with Crippen LogP contribution in [0.2, 0.25) is 0 Å². The maximum atomic E-state index is 12.6. The summed E-state index contributed by atoms with van der Waals surface area (Å²) in [5, 5.41) is 11.9. The molecule has 0 aliphatic rings. The number of anilines is 1. The van der Waals surface area contributed by atoms with Gasteiger partial charge in [-0.2, -0.15) is 5.26 Å². The van der Waals surface area contributed by atoms with Crippen LogP contribution in [-0.2, 0) is 4.79 Å². The molecule has 1 unspecified atom stereocenters. The summed E-state index contributed by atoms with van der Waals surface area (Å²) in [6, 6.07) is 3.19. The molecule has 0 aliphatic heterocycles. The van der Waals surface area contributed by atoms with E-state index in [1.54, 1.807) is 12.1 Å². The van der Waals surface area contributed by atoms with E-state index < -0.39 is 6.04 Å². The molecule has 1 rings (SSSR count). The molecule has 1 aromatic rings. The highest BCUT2D eigenvalue weighted by atomic mass is 16.2. The molecule has 0 aromatic carbocycles. The smallest absolute Gasteiger partial charge is 0.243 e. The van der Waals surface area contributed by atoms with Crippen molar-refractivity contribution in [3.8, 4) is 6.07 Å². The van der Waals surface area contributed by atoms with Crippen LogP contribution >= 0.6 is 0 Å². The predicted octanol–water partition coefficient (Wildman–Crippen LogP) is 2.03. The van der Waals surface area contributed by atoms with E-state index in [0.29, 0.717) is 18.8 Å². The number of nitrogens with one attached hydrogen (secondary N) is 1. The van der Waals surface area contributed by atoms with E-state index in [-0.39, 0.29) is 17.3 Å². The molecule has 0 spiro atoms. The molecule has 0 radical (unpaired) electrons. The Morgan fingerprint density at radius 2 is 2.27 bits per heavy atom. The average molecular weight is 301 g/mol. The molecule has 0 saturated heterocycles. The Labute approximate surface area is 131 Å². The third-order valence-corrected chi connectivity index (χ3v) is 2.94. The SMILES string of the molecule is C=CCC(C(=O)NC(C)(C)C)N(CC)c1ccnc(C#N)n1. The number of likely N-dealkylation sites (N-methyl/N-ethyl adjacent to an activating group) is 1. The van der Waals surface area contributed by atoms with Gasteiger partial charge in [-0.25, -0.2) is 9.97 Å². The summed E-state index contributed by atoms with van der Waals surface area (Å²) in [7, 11) is 0. The second-order valence-corrected chi connectivity index (χ2v) is 5.92. The van der Waals surface area contributed by atoms with Gasteiger partial charge in [0, 0.05) is 18.3 Å². The average Bonchev–Trinajstić information content (AvgIpc) is 2.45. The van der Waals surface area contributed by atoms with Crippen LogP contribution in [0.25, 0.3) is 0 Å². The van der Waals surface area contributed by atoms with Crippen molar-refractivity contribution in [2.45, 2.75) is 45.7 Å². The van der Waals surface area contributed by atoms with Crippen molar-refractivity contribution in [3.05, 3.63) is 30.7 Å². The molecule has 6 nitrogen and oxygen atoms in total. The van der Waals surface area contributed by atoms with Gasteiger partial charge >= 0.3 is 0 Å². The van der Waals surface area contributed by atoms with E-state index in [4.69, 9.17) is 5.26 Å². The van der Waals surface area contributed by atoms with Crippen LogP contribution < -0.4 is 10.2 Å². The Bertz CT molecular complexity index is 571. The fourth-order valence-corrected chi connectivity index (χ4v) is 2.09. The maximum Gasteiger partial charge on any atom is 0.243 e. The van der Waals surface area contributed by atoms with Crippen molar-refractivity contribution in [3.63, 3.8) is 0 Å². The van der Waals surface area contributed by atoms with E-state index in [2.05, 4.69) is 21.9 Å². The molecular weight excluding hydrogens is 278 g/mol. The Balaban J connectivity index is 3.12. The number of amides is 1. The van der Waals surface area contributed by atoms with Crippen molar-refractivity contribution in [2.75, 3.05) is 11.4 Å². The van der Waals surface area contributed by atoms with Gasteiger partial charge in [0.05, 0.1) is 0 Å². The molecule has 0 aliphatic carbocycles. The maximum absolute atomic E-state index is 12.6. The molecule has 1 aromatic heterocycles. The van der Waals surface area contributed by atoms with Crippen molar-refractivity contribution < 1.29 is 4.79 Å². The van der Waals surface area contributed by atoms with Crippen molar-refractivity contribution in [1.82, 2.24) is 15.3 Å². The van der Waals surface area contributed by atoms with Crippen LogP contribution in [0.1, 0.15) is 39.9 Å². The lowest BCUT2D eigenvalue weighted by Crippen LogP contribution is -2.52. The van der Waals surface area contributed by atoms with Gasteiger partial charge in [0.1, 0.15) is 17.9 Å². The van der Waals surface area contributed by atoms with Crippen LogP contribution in [0.5, 0.6) is 0 Å². The topological polar surface area (TPSA) is 81.9 Å². The van der Waals surface area contributed by atoms with Crippen LogP contribution in [0, 0.1) is 11.3 Å². The number of carbonyl (C=O) groups excluding carboxylic acids is 1. The van der Waals surface area contributed by atoms with Crippen LogP contribution in [0.4, 0.5) is 5.82 Å². The number of nitriles is 1. The molecule has 1 heterocycles. The van der Waals surface area contributed by atoms with Crippen molar-refractivity contribution in [1.29, 1.82) is 5.26 Å². The highest BCUT2D eigenvalue weighted by Crippen LogP contribution is 2.17. The minimum atomic E-state index is -0.428. The van der Waals surface area contributed by atoms with Gasteiger partial charge in [0.2, 0.25) is 11.7 Å². The number of hydrogen-bond donors (Lipinski definition) is 1. The number of nitrogens with zero attached hydrogens (tertiary/aromatic N) is 4. The van der Waals surface area contributed by atoms with Gasteiger partial charge in [-0.15, -0.1) is 6.58 Å². The summed E-state index contributed by atoms with van der Waals surface area (Å²) in [6.07, 6.45) is 3.72. The van der Waals surface area contributed by atoms with Crippen LogP contribution in [-0.4, -0.2) is 34.0 Å². The molecule has 6 heteroatoms. The molecule has 118 valence electrons. The van der Waals surface area contributed by atoms with Crippen molar-refractivity contribution in [2.24, 2.45) is 0 Å². The minimum Gasteiger partial charge on any atom is -0.350 e. The van der Waals surface area contributed by atoms with Gasteiger partial charge in [-0.3, -0.25) is 4.79 Å². The Hall–Kier alpha value is -2.42. The van der Waals surface area contributed by atoms with Gasteiger partial charge in [0.15, 0.2) is 0 Å². The Kier molecular flexibility index (Phi) is 6.05. The molecule has 0 bridgehead atoms. The number of aromatic nitrogens is 2. The first-order valence-corrected chi connectivity index (χ1v) is 7.25. The number of hydrogen-bond acceptors (Lipinski definition) is 5. The first-order valence-electron chi connectivity index (χ1n) is 7.25. The molecular formula is C16H23N5O. The standard InChI is InChI=1S/C16H23N5O/c1-6-8-12(15(22)20-16(3,4)5)21(7-2)14-9-10-18-13(11-17)19-14/h6,9-10,12H,1,7-8H2,2-5H3,(H,20,22). The van der Waals surface area contributed by atoms with Gasteiger partial charge in [-0.1, -0.05) is 6.08 Å². The van der Waals surface area contributed by atoms with Crippen molar-refractivity contribution >= 4 is 11.7 Å². The highest BCUT2D eigenvalue weighted by Gasteiger charge is 2.27. The van der Waals surface area contributed by atoms with Crippen LogP contribution in [0.15, 0.2) is 24.9 Å². The van der Waals surface area contributed by atoms with E-state index in [1.807, 2.05) is 38.7 Å². The summed E-state index contributed by atoms with van der Waals surface area (Å²) in [4.78, 5) is 22.5. The summed E-state index contributed by atoms with van der Waals surface area (Å²) < 4.78 is 0. The monoisotopic (exact) mass is 301 g/mol. The second-order valence-electron chi connectivity index (χ2n) is 5.92. The lowest BCUT2D eigenvalue weighted by Gasteiger charge is -2.32. The van der Waals surface area contributed by atoms with E-state index in [1.165, 1.54) is 6.20 Å². The summed E-state index contributed by atoms with van der Waals surface area (Å²) >= 11 is 0. The Morgan fingerprint density at radius 3 is 2.77 bits per heavy atom. The van der Waals surface area contributed by atoms with E-state index >= 15 is 0 Å². The third-order valence-electron chi connectivity index (χ3n) is 2.94. The summed E-state index contributed by atoms with van der Waals surface area (Å²) in [5.41, 5.74) is -0.320. The van der Waals surface area contributed by atoms with E-state index in [0.717, 1.165) is 0 Å². The Morgan fingerprint density at radius 1 is 1.59 bits per heavy atom. The van der Waals surface area contributed by atoms with E-state index in [9.17, 15) is 4.79 Å². The summed E-state index contributed by atoms with van der Waals surface area (Å²) in [6.45, 7) is 12.1. The van der Waals surface area contributed by atoms with Crippen LogP contribution in [0.3, 0.4) is 0 Å². The molecule has 0 fully saturated rings. The number of rotatable bonds is 6. The zero-order chi connectivity index (χ0) is 16.8. The zero-order valence-corrected chi connectivity index (χ0v) is 13.6. The van der Waals surface area contributed by atoms with Gasteiger partial charge in [0.25, 0.3) is 0 Å². The molecule has 1 amide bonds. The normalized spacial score (nSPS) is 12.1. The lowest BCUT2D eigenvalue weighted by atomic mass is 10.1. The molecule has 1 atom stereocenters. The largest absolute Gasteiger partial charge is 0.350 e. The second kappa shape index (κ2) is 7.55. The summed E-state index contributed by atoms with van der Waals surface area (Å²) in [5.74, 6) is 0.556. The highest BCUT2D eigenvalue weighted by molar-refractivity contribution is 5.85. The molecule has 1 N–H and O–H groups in total.